The average Bonchev–Trinajstić information content (AvgIpc) is 2.67. The van der Waals surface area contributed by atoms with Crippen molar-refractivity contribution >= 4 is 0 Å². The number of hydrogen-bond donors (Lipinski definition) is 2. The number of oxazole rings is 1. The molecule has 1 saturated heterocycles. The van der Waals surface area contributed by atoms with Crippen LogP contribution in [0.4, 0.5) is 0 Å². The number of rotatable bonds is 2. The molecule has 1 aromatic heterocycles. The maximum atomic E-state index is 5.42. The summed E-state index contributed by atoms with van der Waals surface area (Å²) < 4.78 is 5.21. The van der Waals surface area contributed by atoms with Gasteiger partial charge in [-0.1, -0.05) is 0 Å². The Labute approximate surface area is 77.5 Å². The fraction of sp³-hybridized carbons (Fsp3) is 0.667. The van der Waals surface area contributed by atoms with Gasteiger partial charge in [-0.05, 0) is 25.9 Å². The lowest BCUT2D eigenvalue weighted by molar-refractivity contribution is 0.451. The molecular weight excluding hydrogens is 166 g/mol. The molecule has 72 valence electrons. The lowest BCUT2D eigenvalue weighted by atomic mass is 9.95. The number of hydrogen-bond acceptors (Lipinski definition) is 4. The molecule has 0 amide bonds. The van der Waals surface area contributed by atoms with Gasteiger partial charge in [0.15, 0.2) is 0 Å². The Morgan fingerprint density at radius 2 is 2.31 bits per heavy atom. The molecule has 0 unspecified atom stereocenters. The number of nitrogens with one attached hydrogen (secondary N) is 1. The van der Waals surface area contributed by atoms with Crippen molar-refractivity contribution in [3.8, 4) is 0 Å². The number of piperidine rings is 1. The van der Waals surface area contributed by atoms with Crippen LogP contribution in [0.15, 0.2) is 10.7 Å². The van der Waals surface area contributed by atoms with E-state index >= 15 is 0 Å². The van der Waals surface area contributed by atoms with Crippen molar-refractivity contribution in [3.05, 3.63) is 17.8 Å². The van der Waals surface area contributed by atoms with Crippen molar-refractivity contribution in [2.24, 2.45) is 5.73 Å². The van der Waals surface area contributed by atoms with E-state index in [0.717, 1.165) is 31.6 Å². The molecule has 0 aromatic carbocycles. The van der Waals surface area contributed by atoms with Crippen LogP contribution in [0.1, 0.15) is 30.3 Å². The first-order valence-electron chi connectivity index (χ1n) is 4.75. The Kier molecular flexibility index (Phi) is 2.61. The third-order valence-electron chi connectivity index (χ3n) is 2.50. The van der Waals surface area contributed by atoms with Gasteiger partial charge < -0.3 is 15.5 Å². The summed E-state index contributed by atoms with van der Waals surface area (Å²) in [5.41, 5.74) is 6.50. The van der Waals surface area contributed by atoms with E-state index in [1.165, 1.54) is 0 Å². The lowest BCUT2D eigenvalue weighted by Gasteiger charge is -2.20. The van der Waals surface area contributed by atoms with Crippen molar-refractivity contribution in [2.75, 3.05) is 13.1 Å². The van der Waals surface area contributed by atoms with Crippen LogP contribution in [-0.4, -0.2) is 18.1 Å². The average molecular weight is 181 g/mol. The van der Waals surface area contributed by atoms with Crippen LogP contribution < -0.4 is 11.1 Å². The molecule has 0 atom stereocenters. The van der Waals surface area contributed by atoms with E-state index in [4.69, 9.17) is 10.2 Å². The van der Waals surface area contributed by atoms with Gasteiger partial charge in [-0.25, -0.2) is 4.98 Å². The van der Waals surface area contributed by atoms with Crippen LogP contribution in [-0.2, 0) is 6.54 Å². The Morgan fingerprint density at radius 1 is 1.54 bits per heavy atom. The van der Waals surface area contributed by atoms with E-state index in [1.54, 1.807) is 6.26 Å². The second kappa shape index (κ2) is 3.89. The Bertz CT molecular complexity index is 266. The van der Waals surface area contributed by atoms with Crippen LogP contribution >= 0.6 is 0 Å². The Hall–Kier alpha value is -0.870. The molecule has 0 saturated carbocycles. The monoisotopic (exact) mass is 181 g/mol. The zero-order chi connectivity index (χ0) is 9.10. The summed E-state index contributed by atoms with van der Waals surface area (Å²) in [5.74, 6) is 1.21. The predicted molar refractivity (Wildman–Crippen MR) is 49.2 cm³/mol. The van der Waals surface area contributed by atoms with Crippen LogP contribution in [0, 0.1) is 0 Å². The highest BCUT2D eigenvalue weighted by Gasteiger charge is 2.18. The zero-order valence-electron chi connectivity index (χ0n) is 7.62. The van der Waals surface area contributed by atoms with Gasteiger partial charge in [-0.2, -0.15) is 0 Å². The second-order valence-electron chi connectivity index (χ2n) is 3.39. The highest BCUT2D eigenvalue weighted by Crippen LogP contribution is 2.23. The van der Waals surface area contributed by atoms with Gasteiger partial charge in [-0.3, -0.25) is 0 Å². The van der Waals surface area contributed by atoms with Crippen molar-refractivity contribution in [1.29, 1.82) is 0 Å². The zero-order valence-corrected chi connectivity index (χ0v) is 7.62. The summed E-state index contributed by atoms with van der Waals surface area (Å²) in [7, 11) is 0. The number of nitrogens with zero attached hydrogens (tertiary/aromatic N) is 1. The quantitative estimate of drug-likeness (QED) is 0.701. The summed E-state index contributed by atoms with van der Waals surface area (Å²) >= 11 is 0. The first-order valence-corrected chi connectivity index (χ1v) is 4.75. The van der Waals surface area contributed by atoms with Gasteiger partial charge in [0.05, 0.1) is 12.2 Å². The highest BCUT2D eigenvalue weighted by atomic mass is 16.3. The molecule has 1 aliphatic heterocycles. The molecule has 0 bridgehead atoms. The molecule has 2 rings (SSSR count). The van der Waals surface area contributed by atoms with Crippen LogP contribution in [0.5, 0.6) is 0 Å². The van der Waals surface area contributed by atoms with E-state index in [0.29, 0.717) is 18.4 Å². The Morgan fingerprint density at radius 3 is 2.92 bits per heavy atom. The fourth-order valence-corrected chi connectivity index (χ4v) is 1.72. The molecule has 0 aliphatic carbocycles. The van der Waals surface area contributed by atoms with E-state index in [9.17, 15) is 0 Å². The predicted octanol–water partition coefficient (Wildman–Crippen LogP) is 0.600. The highest BCUT2D eigenvalue weighted by molar-refractivity contribution is 5.05. The fourth-order valence-electron chi connectivity index (χ4n) is 1.72. The summed E-state index contributed by atoms with van der Waals surface area (Å²) in [6.07, 6.45) is 4.05. The molecule has 4 nitrogen and oxygen atoms in total. The van der Waals surface area contributed by atoms with Crippen LogP contribution in [0.3, 0.4) is 0 Å². The van der Waals surface area contributed by atoms with Gasteiger partial charge in [0.25, 0.3) is 0 Å². The topological polar surface area (TPSA) is 64.1 Å². The molecule has 0 spiro atoms. The molecule has 2 heterocycles. The lowest BCUT2D eigenvalue weighted by Crippen LogP contribution is -2.26. The SMILES string of the molecule is NCc1nc(C2CCNCC2)co1. The summed E-state index contributed by atoms with van der Waals surface area (Å²) in [6.45, 7) is 2.55. The van der Waals surface area contributed by atoms with Crippen LogP contribution in [0.2, 0.25) is 0 Å². The van der Waals surface area contributed by atoms with E-state index < -0.39 is 0 Å². The molecule has 1 aromatic rings. The molecule has 3 N–H and O–H groups in total. The maximum absolute atomic E-state index is 5.42. The van der Waals surface area contributed by atoms with Gasteiger partial charge in [0.2, 0.25) is 5.89 Å². The largest absolute Gasteiger partial charge is 0.447 e. The maximum Gasteiger partial charge on any atom is 0.207 e. The second-order valence-corrected chi connectivity index (χ2v) is 3.39. The summed E-state index contributed by atoms with van der Waals surface area (Å²) in [5, 5.41) is 3.32. The van der Waals surface area contributed by atoms with Crippen molar-refractivity contribution in [3.63, 3.8) is 0 Å². The molecule has 0 radical (unpaired) electrons. The minimum atomic E-state index is 0.394. The summed E-state index contributed by atoms with van der Waals surface area (Å²) in [6, 6.07) is 0. The summed E-state index contributed by atoms with van der Waals surface area (Å²) in [4.78, 5) is 4.33. The van der Waals surface area contributed by atoms with Crippen molar-refractivity contribution in [2.45, 2.75) is 25.3 Å². The first kappa shape index (κ1) is 8.72. The minimum Gasteiger partial charge on any atom is -0.447 e. The van der Waals surface area contributed by atoms with Crippen molar-refractivity contribution in [1.82, 2.24) is 10.3 Å². The molecule has 1 aliphatic rings. The molecule has 4 heteroatoms. The van der Waals surface area contributed by atoms with Gasteiger partial charge >= 0.3 is 0 Å². The third-order valence-corrected chi connectivity index (χ3v) is 2.50. The Balaban J connectivity index is 2.05. The normalized spacial score (nSPS) is 19.2. The molecular formula is C9H15N3O. The number of nitrogens with two attached hydrogens (primary N) is 1. The van der Waals surface area contributed by atoms with Gasteiger partial charge in [-0.15, -0.1) is 0 Å². The molecule has 1 fully saturated rings. The standard InChI is InChI=1S/C9H15N3O/c10-5-9-12-8(6-13-9)7-1-3-11-4-2-7/h6-7,11H,1-5,10H2. The number of aromatic nitrogens is 1. The van der Waals surface area contributed by atoms with E-state index in [-0.39, 0.29) is 0 Å². The van der Waals surface area contributed by atoms with E-state index in [2.05, 4.69) is 10.3 Å². The van der Waals surface area contributed by atoms with Gasteiger partial charge in [0, 0.05) is 5.92 Å². The van der Waals surface area contributed by atoms with Crippen LogP contribution in [0.25, 0.3) is 0 Å². The van der Waals surface area contributed by atoms with Crippen molar-refractivity contribution < 1.29 is 4.42 Å². The van der Waals surface area contributed by atoms with Gasteiger partial charge in [0.1, 0.15) is 6.26 Å². The molecule has 13 heavy (non-hydrogen) atoms. The third kappa shape index (κ3) is 1.89. The smallest absolute Gasteiger partial charge is 0.207 e. The van der Waals surface area contributed by atoms with E-state index in [1.807, 2.05) is 0 Å². The minimum absolute atomic E-state index is 0.394. The first-order chi connectivity index (χ1) is 6.40.